The number of halogens is 1. The van der Waals surface area contributed by atoms with E-state index >= 15 is 0 Å². The van der Waals surface area contributed by atoms with Crippen LogP contribution in [0.5, 0.6) is 0 Å². The standard InChI is InChI=1S/C13H17ClN2O2/c1-16-6-9(7-16)10-3-2-8(4-11(10)14)12(15)5-13(17)18/h2-4,9,12H,5-7,15H2,1H3,(H,17,18). The van der Waals surface area contributed by atoms with E-state index in [9.17, 15) is 4.79 Å². The van der Waals surface area contributed by atoms with Crippen LogP contribution in [0.3, 0.4) is 0 Å². The number of nitrogens with two attached hydrogens (primary N) is 1. The lowest BCUT2D eigenvalue weighted by Crippen LogP contribution is -2.41. The van der Waals surface area contributed by atoms with Crippen molar-refractivity contribution in [2.24, 2.45) is 5.73 Å². The Morgan fingerprint density at radius 1 is 1.61 bits per heavy atom. The molecule has 1 heterocycles. The van der Waals surface area contributed by atoms with Gasteiger partial charge in [0.25, 0.3) is 0 Å². The van der Waals surface area contributed by atoms with Crippen LogP contribution in [-0.2, 0) is 4.79 Å². The molecule has 1 atom stereocenters. The highest BCUT2D eigenvalue weighted by Crippen LogP contribution is 2.32. The number of likely N-dealkylation sites (N-methyl/N-ethyl adjacent to an activating group) is 1. The molecule has 1 aromatic carbocycles. The van der Waals surface area contributed by atoms with Gasteiger partial charge in [0, 0.05) is 30.1 Å². The van der Waals surface area contributed by atoms with Gasteiger partial charge in [0.1, 0.15) is 0 Å². The lowest BCUT2D eigenvalue weighted by molar-refractivity contribution is -0.137. The van der Waals surface area contributed by atoms with E-state index in [0.717, 1.165) is 24.2 Å². The average Bonchev–Trinajstić information content (AvgIpc) is 2.24. The topological polar surface area (TPSA) is 66.6 Å². The van der Waals surface area contributed by atoms with Crippen LogP contribution in [0.2, 0.25) is 5.02 Å². The minimum Gasteiger partial charge on any atom is -0.481 e. The summed E-state index contributed by atoms with van der Waals surface area (Å²) in [5, 5.41) is 9.40. The van der Waals surface area contributed by atoms with Gasteiger partial charge in [-0.15, -0.1) is 0 Å². The summed E-state index contributed by atoms with van der Waals surface area (Å²) < 4.78 is 0. The summed E-state index contributed by atoms with van der Waals surface area (Å²) in [4.78, 5) is 12.8. The Kier molecular flexibility index (Phi) is 3.90. The van der Waals surface area contributed by atoms with Crippen LogP contribution in [0.15, 0.2) is 18.2 Å². The molecule has 0 saturated carbocycles. The van der Waals surface area contributed by atoms with Crippen LogP contribution < -0.4 is 5.73 Å². The van der Waals surface area contributed by atoms with Gasteiger partial charge in [0.2, 0.25) is 0 Å². The molecule has 0 bridgehead atoms. The number of carboxylic acid groups (broad SMARTS) is 1. The van der Waals surface area contributed by atoms with Gasteiger partial charge in [-0.1, -0.05) is 23.7 Å². The molecule has 0 aliphatic carbocycles. The molecule has 0 radical (unpaired) electrons. The van der Waals surface area contributed by atoms with Crippen molar-refractivity contribution in [1.29, 1.82) is 0 Å². The predicted octanol–water partition coefficient (Wildman–Crippen LogP) is 1.84. The molecule has 1 fully saturated rings. The predicted molar refractivity (Wildman–Crippen MR) is 70.9 cm³/mol. The number of hydrogen-bond donors (Lipinski definition) is 2. The molecule has 3 N–H and O–H groups in total. The number of nitrogens with zero attached hydrogens (tertiary/aromatic N) is 1. The summed E-state index contributed by atoms with van der Waals surface area (Å²) in [7, 11) is 2.07. The van der Waals surface area contributed by atoms with Gasteiger partial charge >= 0.3 is 5.97 Å². The molecule has 1 aliphatic rings. The second kappa shape index (κ2) is 5.26. The SMILES string of the molecule is CN1CC(c2ccc(C(N)CC(=O)O)cc2Cl)C1. The van der Waals surface area contributed by atoms with Crippen LogP contribution in [0, 0.1) is 0 Å². The summed E-state index contributed by atoms with van der Waals surface area (Å²) >= 11 is 6.24. The molecule has 5 heteroatoms. The summed E-state index contributed by atoms with van der Waals surface area (Å²) in [6.45, 7) is 2.03. The number of hydrogen-bond acceptors (Lipinski definition) is 3. The summed E-state index contributed by atoms with van der Waals surface area (Å²) in [6.07, 6.45) is -0.0815. The molecule has 18 heavy (non-hydrogen) atoms. The lowest BCUT2D eigenvalue weighted by Gasteiger charge is -2.37. The third kappa shape index (κ3) is 2.83. The van der Waals surface area contributed by atoms with Gasteiger partial charge in [-0.05, 0) is 24.2 Å². The molecule has 1 aromatic rings. The molecular formula is C13H17ClN2O2. The van der Waals surface area contributed by atoms with Crippen LogP contribution in [-0.4, -0.2) is 36.1 Å². The Morgan fingerprint density at radius 2 is 2.28 bits per heavy atom. The van der Waals surface area contributed by atoms with E-state index in [-0.39, 0.29) is 6.42 Å². The van der Waals surface area contributed by atoms with Gasteiger partial charge in [-0.2, -0.15) is 0 Å². The van der Waals surface area contributed by atoms with Crippen molar-refractivity contribution >= 4 is 17.6 Å². The van der Waals surface area contributed by atoms with E-state index in [1.807, 2.05) is 12.1 Å². The van der Waals surface area contributed by atoms with E-state index in [2.05, 4.69) is 11.9 Å². The van der Waals surface area contributed by atoms with Gasteiger partial charge in [-0.25, -0.2) is 0 Å². The monoisotopic (exact) mass is 268 g/mol. The molecule has 2 rings (SSSR count). The third-order valence-corrected chi connectivity index (χ3v) is 3.68. The minimum absolute atomic E-state index is 0.0815. The van der Waals surface area contributed by atoms with Gasteiger partial charge < -0.3 is 15.7 Å². The van der Waals surface area contributed by atoms with Gasteiger partial charge in [0.15, 0.2) is 0 Å². The van der Waals surface area contributed by atoms with Crippen molar-refractivity contribution < 1.29 is 9.90 Å². The summed E-state index contributed by atoms with van der Waals surface area (Å²) in [5.41, 5.74) is 7.71. The normalized spacial score (nSPS) is 18.4. The Labute approximate surface area is 111 Å². The fourth-order valence-corrected chi connectivity index (χ4v) is 2.65. The second-order valence-electron chi connectivity index (χ2n) is 4.90. The molecule has 1 saturated heterocycles. The summed E-state index contributed by atoms with van der Waals surface area (Å²) in [6, 6.07) is 5.14. The first-order valence-corrected chi connectivity index (χ1v) is 6.30. The smallest absolute Gasteiger partial charge is 0.305 e. The van der Waals surface area contributed by atoms with E-state index in [1.54, 1.807) is 6.07 Å². The van der Waals surface area contributed by atoms with Gasteiger partial charge in [0.05, 0.1) is 6.42 Å². The van der Waals surface area contributed by atoms with Crippen LogP contribution in [0.1, 0.15) is 29.5 Å². The van der Waals surface area contributed by atoms with Crippen LogP contribution in [0.25, 0.3) is 0 Å². The average molecular weight is 269 g/mol. The van der Waals surface area contributed by atoms with E-state index < -0.39 is 12.0 Å². The molecule has 98 valence electrons. The Morgan fingerprint density at radius 3 is 2.78 bits per heavy atom. The first kappa shape index (κ1) is 13.3. The van der Waals surface area contributed by atoms with Crippen molar-refractivity contribution in [3.8, 4) is 0 Å². The van der Waals surface area contributed by atoms with Crippen LogP contribution >= 0.6 is 11.6 Å². The zero-order chi connectivity index (χ0) is 13.3. The summed E-state index contributed by atoms with van der Waals surface area (Å²) in [5.74, 6) is -0.421. The highest BCUT2D eigenvalue weighted by molar-refractivity contribution is 6.31. The Bertz CT molecular complexity index is 458. The zero-order valence-corrected chi connectivity index (χ0v) is 11.0. The number of aliphatic carboxylic acids is 1. The van der Waals surface area contributed by atoms with E-state index in [0.29, 0.717) is 10.9 Å². The maximum atomic E-state index is 10.6. The van der Waals surface area contributed by atoms with E-state index in [4.69, 9.17) is 22.4 Å². The minimum atomic E-state index is -0.900. The van der Waals surface area contributed by atoms with Crippen molar-refractivity contribution in [3.05, 3.63) is 34.3 Å². The number of benzene rings is 1. The van der Waals surface area contributed by atoms with Crippen molar-refractivity contribution in [1.82, 2.24) is 4.90 Å². The number of likely N-dealkylation sites (tertiary alicyclic amines) is 1. The fourth-order valence-electron chi connectivity index (χ4n) is 2.31. The Hall–Kier alpha value is -1.10. The number of rotatable bonds is 4. The second-order valence-corrected chi connectivity index (χ2v) is 5.31. The van der Waals surface area contributed by atoms with Crippen molar-refractivity contribution in [2.45, 2.75) is 18.4 Å². The fraction of sp³-hybridized carbons (Fsp3) is 0.462. The maximum Gasteiger partial charge on any atom is 0.305 e. The highest BCUT2D eigenvalue weighted by atomic mass is 35.5. The molecular weight excluding hydrogens is 252 g/mol. The first-order valence-electron chi connectivity index (χ1n) is 5.92. The van der Waals surface area contributed by atoms with E-state index in [1.165, 1.54) is 0 Å². The third-order valence-electron chi connectivity index (χ3n) is 3.35. The van der Waals surface area contributed by atoms with Gasteiger partial charge in [-0.3, -0.25) is 4.79 Å². The lowest BCUT2D eigenvalue weighted by atomic mass is 9.90. The molecule has 0 aromatic heterocycles. The Balaban J connectivity index is 2.12. The quantitative estimate of drug-likeness (QED) is 0.875. The van der Waals surface area contributed by atoms with Crippen molar-refractivity contribution in [2.75, 3.05) is 20.1 Å². The molecule has 1 aliphatic heterocycles. The largest absolute Gasteiger partial charge is 0.481 e. The maximum absolute atomic E-state index is 10.6. The zero-order valence-electron chi connectivity index (χ0n) is 10.3. The first-order chi connectivity index (χ1) is 8.47. The molecule has 4 nitrogen and oxygen atoms in total. The number of carboxylic acids is 1. The van der Waals surface area contributed by atoms with Crippen molar-refractivity contribution in [3.63, 3.8) is 0 Å². The molecule has 1 unspecified atom stereocenters. The van der Waals surface area contributed by atoms with Crippen LogP contribution in [0.4, 0.5) is 0 Å². The molecule has 0 spiro atoms. The molecule has 0 amide bonds. The number of carbonyl (C=O) groups is 1. The highest BCUT2D eigenvalue weighted by Gasteiger charge is 2.26.